The van der Waals surface area contributed by atoms with E-state index in [2.05, 4.69) is 166 Å². The standard InChI is InChI=1S/C41H27N3/c1-3-12-32(13-4-1)43-38-17-8-7-16-34(38)37-25-30(19-21-39(37)43)28-10-9-11-29(24-28)31-18-20-35-36-22-23-42-27-41(36)44(40(35)26-31)33-14-5-2-6-15-33/h1-27H. The Kier molecular flexibility index (Phi) is 5.50. The molecule has 3 heteroatoms. The molecule has 0 atom stereocenters. The van der Waals surface area contributed by atoms with Gasteiger partial charge in [-0.05, 0) is 82.9 Å². The molecule has 0 fully saturated rings. The zero-order valence-electron chi connectivity index (χ0n) is 23.9. The minimum Gasteiger partial charge on any atom is -0.309 e. The molecule has 3 nitrogen and oxygen atoms in total. The number of pyridine rings is 1. The first-order valence-electron chi connectivity index (χ1n) is 15.0. The lowest BCUT2D eigenvalue weighted by Gasteiger charge is -2.10. The smallest absolute Gasteiger partial charge is 0.0724 e. The number of fused-ring (bicyclic) bond motifs is 6. The van der Waals surface area contributed by atoms with Crippen molar-refractivity contribution in [1.82, 2.24) is 14.1 Å². The molecular weight excluding hydrogens is 534 g/mol. The molecule has 0 saturated carbocycles. The summed E-state index contributed by atoms with van der Waals surface area (Å²) in [5.41, 5.74) is 11.8. The van der Waals surface area contributed by atoms with Crippen LogP contribution in [0.4, 0.5) is 0 Å². The third-order valence-electron chi connectivity index (χ3n) is 8.80. The van der Waals surface area contributed by atoms with Crippen LogP contribution in [-0.2, 0) is 0 Å². The second-order valence-electron chi connectivity index (χ2n) is 11.3. The van der Waals surface area contributed by atoms with E-state index in [9.17, 15) is 0 Å². The fourth-order valence-corrected chi connectivity index (χ4v) is 6.79. The number of hydrogen-bond acceptors (Lipinski definition) is 1. The van der Waals surface area contributed by atoms with E-state index in [4.69, 9.17) is 0 Å². The quantitative estimate of drug-likeness (QED) is 0.210. The van der Waals surface area contributed by atoms with Gasteiger partial charge in [0.15, 0.2) is 0 Å². The molecule has 0 unspecified atom stereocenters. The Morgan fingerprint density at radius 1 is 0.341 bits per heavy atom. The molecule has 44 heavy (non-hydrogen) atoms. The molecule has 0 bridgehead atoms. The average Bonchev–Trinajstić information content (AvgIpc) is 3.61. The number of nitrogens with zero attached hydrogens (tertiary/aromatic N) is 3. The predicted octanol–water partition coefficient (Wildman–Crippen LogP) is 10.6. The Morgan fingerprint density at radius 3 is 1.68 bits per heavy atom. The minimum absolute atomic E-state index is 1.11. The van der Waals surface area contributed by atoms with E-state index in [0.29, 0.717) is 0 Å². The topological polar surface area (TPSA) is 22.8 Å². The zero-order valence-corrected chi connectivity index (χ0v) is 23.9. The molecule has 0 aliphatic rings. The summed E-state index contributed by atoms with van der Waals surface area (Å²) in [7, 11) is 0. The lowest BCUT2D eigenvalue weighted by atomic mass is 9.97. The van der Waals surface area contributed by atoms with Gasteiger partial charge in [0.1, 0.15) is 0 Å². The van der Waals surface area contributed by atoms with Gasteiger partial charge in [-0.25, -0.2) is 0 Å². The van der Waals surface area contributed by atoms with Crippen molar-refractivity contribution >= 4 is 43.6 Å². The van der Waals surface area contributed by atoms with Crippen molar-refractivity contribution in [3.8, 4) is 33.6 Å². The second kappa shape index (κ2) is 9.82. The van der Waals surface area contributed by atoms with E-state index in [0.717, 1.165) is 11.2 Å². The third kappa shape index (κ3) is 3.80. The summed E-state index contributed by atoms with van der Waals surface area (Å²) < 4.78 is 4.68. The summed E-state index contributed by atoms with van der Waals surface area (Å²) in [5, 5.41) is 4.96. The van der Waals surface area contributed by atoms with E-state index in [1.54, 1.807) is 0 Å². The Hall–Kier alpha value is -5.93. The molecule has 6 aromatic carbocycles. The second-order valence-corrected chi connectivity index (χ2v) is 11.3. The summed E-state index contributed by atoms with van der Waals surface area (Å²) in [6, 6.07) is 54.6. The van der Waals surface area contributed by atoms with Gasteiger partial charge in [-0.15, -0.1) is 0 Å². The van der Waals surface area contributed by atoms with Crippen molar-refractivity contribution in [2.75, 3.05) is 0 Å². The van der Waals surface area contributed by atoms with Gasteiger partial charge in [0, 0.05) is 39.1 Å². The molecule has 0 spiro atoms. The van der Waals surface area contributed by atoms with Crippen molar-refractivity contribution < 1.29 is 0 Å². The summed E-state index contributed by atoms with van der Waals surface area (Å²) in [5.74, 6) is 0. The first kappa shape index (κ1) is 24.6. The van der Waals surface area contributed by atoms with Crippen LogP contribution in [0.1, 0.15) is 0 Å². The highest BCUT2D eigenvalue weighted by molar-refractivity contribution is 6.11. The Morgan fingerprint density at radius 2 is 0.909 bits per heavy atom. The molecule has 3 heterocycles. The van der Waals surface area contributed by atoms with Crippen molar-refractivity contribution in [2.45, 2.75) is 0 Å². The fraction of sp³-hybridized carbons (Fsp3) is 0. The molecule has 0 saturated heterocycles. The normalized spacial score (nSPS) is 11.6. The summed E-state index contributed by atoms with van der Waals surface area (Å²) >= 11 is 0. The van der Waals surface area contributed by atoms with Gasteiger partial charge < -0.3 is 9.13 Å². The van der Waals surface area contributed by atoms with Crippen molar-refractivity contribution in [3.63, 3.8) is 0 Å². The van der Waals surface area contributed by atoms with E-state index in [1.165, 1.54) is 66.0 Å². The average molecular weight is 562 g/mol. The number of benzene rings is 6. The fourth-order valence-electron chi connectivity index (χ4n) is 6.79. The number of rotatable bonds is 4. The van der Waals surface area contributed by atoms with Crippen molar-refractivity contribution in [3.05, 3.63) is 164 Å². The first-order chi connectivity index (χ1) is 21.8. The van der Waals surface area contributed by atoms with Gasteiger partial charge in [-0.3, -0.25) is 4.98 Å². The number of para-hydroxylation sites is 3. The summed E-state index contributed by atoms with van der Waals surface area (Å²) in [6.07, 6.45) is 3.84. The van der Waals surface area contributed by atoms with Crippen LogP contribution in [0.25, 0.3) is 77.2 Å². The maximum atomic E-state index is 4.46. The molecule has 0 radical (unpaired) electrons. The monoisotopic (exact) mass is 561 g/mol. The number of aromatic nitrogens is 3. The lowest BCUT2D eigenvalue weighted by molar-refractivity contribution is 1.17. The molecule has 0 amide bonds. The van der Waals surface area contributed by atoms with Gasteiger partial charge >= 0.3 is 0 Å². The van der Waals surface area contributed by atoms with Crippen LogP contribution in [0.15, 0.2) is 164 Å². The molecule has 206 valence electrons. The van der Waals surface area contributed by atoms with Crippen molar-refractivity contribution in [2.24, 2.45) is 0 Å². The highest BCUT2D eigenvalue weighted by Crippen LogP contribution is 2.37. The highest BCUT2D eigenvalue weighted by Gasteiger charge is 2.15. The third-order valence-corrected chi connectivity index (χ3v) is 8.80. The van der Waals surface area contributed by atoms with Gasteiger partial charge in [0.2, 0.25) is 0 Å². The van der Waals surface area contributed by atoms with Crippen LogP contribution in [0, 0.1) is 0 Å². The molecule has 0 N–H and O–H groups in total. The SMILES string of the molecule is c1ccc(-n2c3ccccc3c3cc(-c4cccc(-c5ccc6c7ccncc7n(-c7ccccc7)c6c5)c4)ccc32)cc1. The van der Waals surface area contributed by atoms with E-state index >= 15 is 0 Å². The van der Waals surface area contributed by atoms with Crippen LogP contribution in [0.3, 0.4) is 0 Å². The zero-order chi connectivity index (χ0) is 29.0. The highest BCUT2D eigenvalue weighted by atomic mass is 15.0. The Balaban J connectivity index is 1.19. The maximum Gasteiger partial charge on any atom is 0.0724 e. The molecule has 9 rings (SSSR count). The van der Waals surface area contributed by atoms with Gasteiger partial charge in [0.25, 0.3) is 0 Å². The van der Waals surface area contributed by atoms with Crippen molar-refractivity contribution in [1.29, 1.82) is 0 Å². The van der Waals surface area contributed by atoms with Gasteiger partial charge in [0.05, 0.1) is 28.3 Å². The van der Waals surface area contributed by atoms with E-state index in [1.807, 2.05) is 12.4 Å². The van der Waals surface area contributed by atoms with E-state index in [-0.39, 0.29) is 0 Å². The number of hydrogen-bond donors (Lipinski definition) is 0. The van der Waals surface area contributed by atoms with Crippen LogP contribution in [-0.4, -0.2) is 14.1 Å². The Labute approximate surface area is 254 Å². The van der Waals surface area contributed by atoms with Crippen LogP contribution < -0.4 is 0 Å². The largest absolute Gasteiger partial charge is 0.309 e. The summed E-state index contributed by atoms with van der Waals surface area (Å²) in [6.45, 7) is 0. The lowest BCUT2D eigenvalue weighted by Crippen LogP contribution is -1.93. The predicted molar refractivity (Wildman–Crippen MR) is 184 cm³/mol. The first-order valence-corrected chi connectivity index (χ1v) is 15.0. The Bertz CT molecular complexity index is 2480. The molecular formula is C41H27N3. The molecule has 9 aromatic rings. The van der Waals surface area contributed by atoms with Crippen LogP contribution in [0.2, 0.25) is 0 Å². The van der Waals surface area contributed by atoms with Gasteiger partial charge in [-0.1, -0.05) is 91.0 Å². The van der Waals surface area contributed by atoms with Crippen LogP contribution in [0.5, 0.6) is 0 Å². The summed E-state index contributed by atoms with van der Waals surface area (Å²) in [4.78, 5) is 4.46. The maximum absolute atomic E-state index is 4.46. The van der Waals surface area contributed by atoms with Crippen LogP contribution >= 0.6 is 0 Å². The molecule has 0 aliphatic heterocycles. The molecule has 3 aromatic heterocycles. The van der Waals surface area contributed by atoms with Gasteiger partial charge in [-0.2, -0.15) is 0 Å². The molecule has 0 aliphatic carbocycles. The van der Waals surface area contributed by atoms with E-state index < -0.39 is 0 Å². The minimum atomic E-state index is 1.11.